The van der Waals surface area contributed by atoms with Crippen LogP contribution in [0.25, 0.3) is 0 Å². The summed E-state index contributed by atoms with van der Waals surface area (Å²) in [5, 5.41) is 3.32. The van der Waals surface area contributed by atoms with Crippen LogP contribution in [0.1, 0.15) is 75.6 Å². The SMILES string of the molecule is CCc1cccc(CNCC(OC(=O)c2cc(C)cc(C(=O)N3CCCCCC3)c2)C(N)Cc2cc(F)cc(F)c2)c1. The first-order valence-corrected chi connectivity index (χ1v) is 14.8. The van der Waals surface area contributed by atoms with E-state index >= 15 is 0 Å². The van der Waals surface area contributed by atoms with Crippen LogP contribution in [0.4, 0.5) is 8.78 Å². The van der Waals surface area contributed by atoms with Gasteiger partial charge in [0.15, 0.2) is 0 Å². The number of esters is 1. The van der Waals surface area contributed by atoms with Crippen LogP contribution in [-0.4, -0.2) is 48.6 Å². The molecule has 3 N–H and O–H groups in total. The molecule has 0 radical (unpaired) electrons. The van der Waals surface area contributed by atoms with Gasteiger partial charge >= 0.3 is 5.97 Å². The third-order valence-electron chi connectivity index (χ3n) is 7.66. The molecule has 0 bridgehead atoms. The number of nitrogens with zero attached hydrogens (tertiary/aromatic N) is 1. The number of nitrogens with one attached hydrogen (secondary N) is 1. The summed E-state index contributed by atoms with van der Waals surface area (Å²) in [6.07, 6.45) is 4.37. The quantitative estimate of drug-likeness (QED) is 0.284. The molecule has 8 heteroatoms. The van der Waals surface area contributed by atoms with Crippen molar-refractivity contribution in [3.05, 3.63) is 106 Å². The Kier molecular flexibility index (Phi) is 11.2. The minimum atomic E-state index is -0.802. The summed E-state index contributed by atoms with van der Waals surface area (Å²) in [5.74, 6) is -2.08. The van der Waals surface area contributed by atoms with Crippen molar-refractivity contribution in [2.24, 2.45) is 5.73 Å². The summed E-state index contributed by atoms with van der Waals surface area (Å²) in [4.78, 5) is 28.6. The Morgan fingerprint density at radius 3 is 2.26 bits per heavy atom. The predicted octanol–water partition coefficient (Wildman–Crippen LogP) is 5.74. The van der Waals surface area contributed by atoms with Crippen LogP contribution in [0, 0.1) is 18.6 Å². The Hall–Kier alpha value is -3.62. The zero-order chi connectivity index (χ0) is 30.1. The number of hydrogen-bond acceptors (Lipinski definition) is 5. The molecular weight excluding hydrogens is 536 g/mol. The number of carbonyl (C=O) groups is 2. The van der Waals surface area contributed by atoms with Gasteiger partial charge in [0.2, 0.25) is 0 Å². The molecule has 0 aliphatic carbocycles. The highest BCUT2D eigenvalue weighted by atomic mass is 19.1. The summed E-state index contributed by atoms with van der Waals surface area (Å²) in [6, 6.07) is 15.8. The Morgan fingerprint density at radius 1 is 0.905 bits per heavy atom. The Bertz CT molecular complexity index is 1350. The fraction of sp³-hybridized carbons (Fsp3) is 0.412. The monoisotopic (exact) mass is 577 g/mol. The second kappa shape index (κ2) is 15.0. The minimum Gasteiger partial charge on any atom is -0.456 e. The molecule has 1 amide bonds. The first kappa shape index (κ1) is 31.3. The number of likely N-dealkylation sites (tertiary alicyclic amines) is 1. The number of ether oxygens (including phenoxy) is 1. The van der Waals surface area contributed by atoms with Gasteiger partial charge in [0.25, 0.3) is 5.91 Å². The predicted molar refractivity (Wildman–Crippen MR) is 160 cm³/mol. The van der Waals surface area contributed by atoms with Crippen molar-refractivity contribution in [3.8, 4) is 0 Å². The van der Waals surface area contributed by atoms with Gasteiger partial charge in [-0.1, -0.05) is 44.0 Å². The van der Waals surface area contributed by atoms with Crippen molar-refractivity contribution in [1.29, 1.82) is 0 Å². The number of carbonyl (C=O) groups excluding carboxylic acids is 2. The van der Waals surface area contributed by atoms with Gasteiger partial charge in [-0.25, -0.2) is 13.6 Å². The maximum absolute atomic E-state index is 13.9. The van der Waals surface area contributed by atoms with E-state index in [4.69, 9.17) is 10.5 Å². The van der Waals surface area contributed by atoms with Crippen LogP contribution in [-0.2, 0) is 24.1 Å². The highest BCUT2D eigenvalue weighted by Gasteiger charge is 2.25. The highest BCUT2D eigenvalue weighted by molar-refractivity contribution is 5.98. The van der Waals surface area contributed by atoms with E-state index in [1.807, 2.05) is 24.0 Å². The fourth-order valence-corrected chi connectivity index (χ4v) is 5.42. The molecule has 3 aromatic rings. The van der Waals surface area contributed by atoms with E-state index in [1.165, 1.54) is 17.7 Å². The second-order valence-corrected chi connectivity index (χ2v) is 11.2. The molecule has 1 saturated heterocycles. The first-order chi connectivity index (χ1) is 20.2. The van der Waals surface area contributed by atoms with Gasteiger partial charge in [-0.15, -0.1) is 0 Å². The molecule has 224 valence electrons. The molecule has 1 aliphatic rings. The highest BCUT2D eigenvalue weighted by Crippen LogP contribution is 2.19. The molecule has 1 fully saturated rings. The standard InChI is InChI=1S/C34H41F2N3O3/c1-3-24-9-8-10-25(15-24)21-38-22-32(31(37)18-26-16-29(35)20-30(36)17-26)42-34(41)28-14-23(2)13-27(19-28)33(40)39-11-6-4-5-7-12-39/h8-10,13-17,19-20,31-32,38H,3-7,11-12,18,21-22,37H2,1-2H3. The van der Waals surface area contributed by atoms with Crippen molar-refractivity contribution in [2.45, 2.75) is 71.1 Å². The minimum absolute atomic E-state index is 0.0907. The van der Waals surface area contributed by atoms with Gasteiger partial charge in [-0.05, 0) is 85.2 Å². The van der Waals surface area contributed by atoms with E-state index < -0.39 is 29.7 Å². The van der Waals surface area contributed by atoms with E-state index in [2.05, 4.69) is 24.4 Å². The van der Waals surface area contributed by atoms with Crippen molar-refractivity contribution < 1.29 is 23.1 Å². The summed E-state index contributed by atoms with van der Waals surface area (Å²) < 4.78 is 33.6. The molecule has 3 aromatic carbocycles. The number of benzene rings is 3. The normalized spacial score (nSPS) is 15.1. The molecule has 42 heavy (non-hydrogen) atoms. The second-order valence-electron chi connectivity index (χ2n) is 11.2. The van der Waals surface area contributed by atoms with E-state index in [0.29, 0.717) is 30.8 Å². The van der Waals surface area contributed by atoms with Crippen LogP contribution in [0.2, 0.25) is 0 Å². The number of hydrogen-bond donors (Lipinski definition) is 2. The molecule has 2 unspecified atom stereocenters. The van der Waals surface area contributed by atoms with Crippen LogP contribution in [0.5, 0.6) is 0 Å². The van der Waals surface area contributed by atoms with Crippen LogP contribution < -0.4 is 11.1 Å². The lowest BCUT2D eigenvalue weighted by atomic mass is 10.0. The maximum atomic E-state index is 13.9. The van der Waals surface area contributed by atoms with E-state index in [-0.39, 0.29) is 24.4 Å². The van der Waals surface area contributed by atoms with Crippen LogP contribution in [0.15, 0.2) is 60.7 Å². The lowest BCUT2D eigenvalue weighted by Crippen LogP contribution is -2.46. The fourth-order valence-electron chi connectivity index (χ4n) is 5.42. The average molecular weight is 578 g/mol. The van der Waals surface area contributed by atoms with Crippen molar-refractivity contribution >= 4 is 11.9 Å². The molecular formula is C34H41F2N3O3. The van der Waals surface area contributed by atoms with Crippen LogP contribution >= 0.6 is 0 Å². The van der Waals surface area contributed by atoms with Gasteiger partial charge in [-0.3, -0.25) is 4.79 Å². The average Bonchev–Trinajstić information content (AvgIpc) is 3.25. The van der Waals surface area contributed by atoms with Gasteiger partial charge in [0.05, 0.1) is 5.56 Å². The zero-order valence-corrected chi connectivity index (χ0v) is 24.5. The molecule has 6 nitrogen and oxygen atoms in total. The largest absolute Gasteiger partial charge is 0.456 e. The van der Waals surface area contributed by atoms with Gasteiger partial charge in [-0.2, -0.15) is 0 Å². The van der Waals surface area contributed by atoms with Crippen molar-refractivity contribution in [1.82, 2.24) is 10.2 Å². The number of amides is 1. The molecule has 0 spiro atoms. The third-order valence-corrected chi connectivity index (χ3v) is 7.66. The smallest absolute Gasteiger partial charge is 0.338 e. The van der Waals surface area contributed by atoms with Gasteiger partial charge in [0, 0.05) is 43.9 Å². The first-order valence-electron chi connectivity index (χ1n) is 14.8. The lowest BCUT2D eigenvalue weighted by Gasteiger charge is -2.25. The molecule has 0 saturated carbocycles. The van der Waals surface area contributed by atoms with Crippen molar-refractivity contribution in [2.75, 3.05) is 19.6 Å². The molecule has 4 rings (SSSR count). The van der Waals surface area contributed by atoms with E-state index in [9.17, 15) is 18.4 Å². The summed E-state index contributed by atoms with van der Waals surface area (Å²) in [5.41, 5.74) is 10.7. The Labute approximate surface area is 247 Å². The summed E-state index contributed by atoms with van der Waals surface area (Å²) in [6.45, 7) is 6.10. The number of aryl methyl sites for hydroxylation is 2. The zero-order valence-electron chi connectivity index (χ0n) is 24.5. The van der Waals surface area contributed by atoms with Crippen molar-refractivity contribution in [3.63, 3.8) is 0 Å². The number of halogens is 2. The maximum Gasteiger partial charge on any atom is 0.338 e. The van der Waals surface area contributed by atoms with E-state index in [1.54, 1.807) is 18.2 Å². The summed E-state index contributed by atoms with van der Waals surface area (Å²) in [7, 11) is 0. The Morgan fingerprint density at radius 2 is 1.57 bits per heavy atom. The van der Waals surface area contributed by atoms with Gasteiger partial charge < -0.3 is 20.7 Å². The Balaban J connectivity index is 1.51. The van der Waals surface area contributed by atoms with Gasteiger partial charge in [0.1, 0.15) is 17.7 Å². The van der Waals surface area contributed by atoms with Crippen LogP contribution in [0.3, 0.4) is 0 Å². The molecule has 0 aromatic heterocycles. The molecule has 1 aliphatic heterocycles. The number of rotatable bonds is 11. The van der Waals surface area contributed by atoms with E-state index in [0.717, 1.165) is 49.3 Å². The topological polar surface area (TPSA) is 84.7 Å². The lowest BCUT2D eigenvalue weighted by molar-refractivity contribution is 0.0238. The summed E-state index contributed by atoms with van der Waals surface area (Å²) >= 11 is 0. The molecule has 1 heterocycles. The number of nitrogens with two attached hydrogens (primary N) is 1. The third kappa shape index (κ3) is 8.94. The molecule has 2 atom stereocenters.